The molecule has 0 fully saturated rings. The third-order valence-electron chi connectivity index (χ3n) is 2.50. The van der Waals surface area contributed by atoms with Crippen molar-refractivity contribution in [2.45, 2.75) is 0 Å². The number of aromatic nitrogens is 1. The average molecular weight is 230 g/mol. The summed E-state index contributed by atoms with van der Waals surface area (Å²) in [6.07, 6.45) is 1.73. The van der Waals surface area contributed by atoms with Gasteiger partial charge >= 0.3 is 0 Å². The SMILES string of the molecule is COc1ccc(-c2cnc(OC)c(N)c2)cc1. The van der Waals surface area contributed by atoms with Crippen molar-refractivity contribution in [2.24, 2.45) is 0 Å². The van der Waals surface area contributed by atoms with E-state index in [0.29, 0.717) is 11.6 Å². The predicted molar refractivity (Wildman–Crippen MR) is 67.2 cm³/mol. The molecule has 2 aromatic rings. The Morgan fingerprint density at radius 1 is 1.00 bits per heavy atom. The highest BCUT2D eigenvalue weighted by Gasteiger charge is 2.04. The zero-order valence-electron chi connectivity index (χ0n) is 9.81. The zero-order chi connectivity index (χ0) is 12.3. The van der Waals surface area contributed by atoms with Crippen molar-refractivity contribution in [3.8, 4) is 22.8 Å². The number of ether oxygens (including phenoxy) is 2. The Hall–Kier alpha value is -2.23. The van der Waals surface area contributed by atoms with Crippen LogP contribution in [0.3, 0.4) is 0 Å². The first-order valence-corrected chi connectivity index (χ1v) is 5.18. The summed E-state index contributed by atoms with van der Waals surface area (Å²) in [5.74, 6) is 1.27. The van der Waals surface area contributed by atoms with E-state index in [2.05, 4.69) is 4.98 Å². The molecule has 17 heavy (non-hydrogen) atoms. The third-order valence-corrected chi connectivity index (χ3v) is 2.50. The number of hydrogen-bond donors (Lipinski definition) is 1. The predicted octanol–water partition coefficient (Wildman–Crippen LogP) is 2.35. The second kappa shape index (κ2) is 4.74. The normalized spacial score (nSPS) is 10.0. The highest BCUT2D eigenvalue weighted by molar-refractivity contribution is 5.68. The molecule has 0 aliphatic heterocycles. The molecule has 4 nitrogen and oxygen atoms in total. The van der Waals surface area contributed by atoms with Gasteiger partial charge in [0.25, 0.3) is 0 Å². The van der Waals surface area contributed by atoms with Crippen LogP contribution < -0.4 is 15.2 Å². The highest BCUT2D eigenvalue weighted by Crippen LogP contribution is 2.26. The molecule has 1 aromatic heterocycles. The lowest BCUT2D eigenvalue weighted by atomic mass is 10.1. The van der Waals surface area contributed by atoms with Crippen molar-refractivity contribution >= 4 is 5.69 Å². The lowest BCUT2D eigenvalue weighted by Gasteiger charge is -2.07. The van der Waals surface area contributed by atoms with Gasteiger partial charge < -0.3 is 15.2 Å². The first-order valence-electron chi connectivity index (χ1n) is 5.18. The van der Waals surface area contributed by atoms with E-state index < -0.39 is 0 Å². The van der Waals surface area contributed by atoms with E-state index >= 15 is 0 Å². The number of nitrogens with two attached hydrogens (primary N) is 1. The molecule has 0 saturated heterocycles. The molecule has 0 bridgehead atoms. The van der Waals surface area contributed by atoms with Gasteiger partial charge in [-0.1, -0.05) is 12.1 Å². The van der Waals surface area contributed by atoms with Gasteiger partial charge in [0, 0.05) is 11.8 Å². The molecule has 1 aromatic carbocycles. The third kappa shape index (κ3) is 2.30. The van der Waals surface area contributed by atoms with Crippen LogP contribution in [0.2, 0.25) is 0 Å². The number of nitrogens with zero attached hydrogens (tertiary/aromatic N) is 1. The van der Waals surface area contributed by atoms with E-state index in [0.717, 1.165) is 16.9 Å². The summed E-state index contributed by atoms with van der Waals surface area (Å²) in [7, 11) is 3.19. The van der Waals surface area contributed by atoms with Crippen LogP contribution in [0.15, 0.2) is 36.5 Å². The molecule has 2 rings (SSSR count). The standard InChI is InChI=1S/C13H14N2O2/c1-16-11-5-3-9(4-6-11)10-7-12(14)13(17-2)15-8-10/h3-8H,14H2,1-2H3. The van der Waals surface area contributed by atoms with Crippen molar-refractivity contribution in [2.75, 3.05) is 20.0 Å². The number of benzene rings is 1. The van der Waals surface area contributed by atoms with Crippen molar-refractivity contribution in [1.29, 1.82) is 0 Å². The Morgan fingerprint density at radius 2 is 1.71 bits per heavy atom. The molecule has 0 amide bonds. The largest absolute Gasteiger partial charge is 0.497 e. The number of pyridine rings is 1. The second-order valence-electron chi connectivity index (χ2n) is 3.55. The number of rotatable bonds is 3. The molecule has 0 saturated carbocycles. The molecule has 0 aliphatic rings. The van der Waals surface area contributed by atoms with Crippen molar-refractivity contribution in [3.63, 3.8) is 0 Å². The van der Waals surface area contributed by atoms with Crippen molar-refractivity contribution < 1.29 is 9.47 Å². The Kier molecular flexibility index (Phi) is 3.14. The fourth-order valence-electron chi connectivity index (χ4n) is 1.58. The number of hydrogen-bond acceptors (Lipinski definition) is 4. The highest BCUT2D eigenvalue weighted by atomic mass is 16.5. The molecule has 0 unspecified atom stereocenters. The van der Waals surface area contributed by atoms with Gasteiger partial charge in [-0.25, -0.2) is 4.98 Å². The minimum atomic E-state index is 0.447. The van der Waals surface area contributed by atoms with Crippen LogP contribution in [0.4, 0.5) is 5.69 Å². The quantitative estimate of drug-likeness (QED) is 0.879. The molecule has 88 valence electrons. The van der Waals surface area contributed by atoms with Crippen molar-refractivity contribution in [1.82, 2.24) is 4.98 Å². The first kappa shape index (κ1) is 11.3. The van der Waals surface area contributed by atoms with Crippen LogP contribution in [0.5, 0.6) is 11.6 Å². The monoisotopic (exact) mass is 230 g/mol. The number of anilines is 1. The Labute approximate surface area is 100 Å². The summed E-state index contributed by atoms with van der Waals surface area (Å²) in [4.78, 5) is 4.14. The number of methoxy groups -OCH3 is 2. The maximum Gasteiger partial charge on any atom is 0.236 e. The maximum absolute atomic E-state index is 5.81. The van der Waals surface area contributed by atoms with Gasteiger partial charge in [-0.3, -0.25) is 0 Å². The van der Waals surface area contributed by atoms with Crippen LogP contribution in [-0.2, 0) is 0 Å². The van der Waals surface area contributed by atoms with E-state index in [4.69, 9.17) is 15.2 Å². The maximum atomic E-state index is 5.81. The molecule has 0 aliphatic carbocycles. The lowest BCUT2D eigenvalue weighted by Crippen LogP contribution is -1.95. The lowest BCUT2D eigenvalue weighted by molar-refractivity contribution is 0.400. The smallest absolute Gasteiger partial charge is 0.236 e. The van der Waals surface area contributed by atoms with Gasteiger partial charge in [0.2, 0.25) is 5.88 Å². The molecular formula is C13H14N2O2. The van der Waals surface area contributed by atoms with Crippen LogP contribution in [0.1, 0.15) is 0 Å². The molecular weight excluding hydrogens is 216 g/mol. The van der Waals surface area contributed by atoms with Gasteiger partial charge in [0.15, 0.2) is 0 Å². The minimum absolute atomic E-state index is 0.447. The summed E-state index contributed by atoms with van der Waals surface area (Å²) >= 11 is 0. The van der Waals surface area contributed by atoms with Gasteiger partial charge in [-0.2, -0.15) is 0 Å². The minimum Gasteiger partial charge on any atom is -0.497 e. The Bertz CT molecular complexity index is 509. The van der Waals surface area contributed by atoms with E-state index in [9.17, 15) is 0 Å². The van der Waals surface area contributed by atoms with Crippen LogP contribution in [0.25, 0.3) is 11.1 Å². The molecule has 1 heterocycles. The van der Waals surface area contributed by atoms with Crippen LogP contribution in [-0.4, -0.2) is 19.2 Å². The van der Waals surface area contributed by atoms with Crippen LogP contribution in [0, 0.1) is 0 Å². The molecule has 4 heteroatoms. The molecule has 0 spiro atoms. The topological polar surface area (TPSA) is 57.4 Å². The van der Waals surface area contributed by atoms with Gasteiger partial charge in [0.1, 0.15) is 5.75 Å². The van der Waals surface area contributed by atoms with Crippen molar-refractivity contribution in [3.05, 3.63) is 36.5 Å². The summed E-state index contributed by atoms with van der Waals surface area (Å²) in [5, 5.41) is 0. The second-order valence-corrected chi connectivity index (χ2v) is 3.55. The fourth-order valence-corrected chi connectivity index (χ4v) is 1.58. The van der Waals surface area contributed by atoms with Gasteiger partial charge in [-0.05, 0) is 23.8 Å². The van der Waals surface area contributed by atoms with Gasteiger partial charge in [0.05, 0.1) is 19.9 Å². The summed E-state index contributed by atoms with van der Waals surface area (Å²) in [5.41, 5.74) is 8.33. The Balaban J connectivity index is 2.35. The van der Waals surface area contributed by atoms with Gasteiger partial charge in [-0.15, -0.1) is 0 Å². The Morgan fingerprint density at radius 3 is 2.24 bits per heavy atom. The summed E-state index contributed by atoms with van der Waals surface area (Å²) < 4.78 is 10.1. The average Bonchev–Trinajstić information content (AvgIpc) is 2.39. The fraction of sp³-hybridized carbons (Fsp3) is 0.154. The first-order chi connectivity index (χ1) is 8.24. The van der Waals surface area contributed by atoms with E-state index in [1.165, 1.54) is 0 Å². The molecule has 0 radical (unpaired) electrons. The summed E-state index contributed by atoms with van der Waals surface area (Å²) in [6.45, 7) is 0. The van der Waals surface area contributed by atoms with E-state index in [1.54, 1.807) is 20.4 Å². The van der Waals surface area contributed by atoms with E-state index in [-0.39, 0.29) is 0 Å². The zero-order valence-corrected chi connectivity index (χ0v) is 9.81. The van der Waals surface area contributed by atoms with E-state index in [1.807, 2.05) is 30.3 Å². The molecule has 0 atom stereocenters. The molecule has 2 N–H and O–H groups in total. The van der Waals surface area contributed by atoms with Crippen LogP contribution >= 0.6 is 0 Å². The summed E-state index contributed by atoms with van der Waals surface area (Å²) in [6, 6.07) is 9.56. The number of nitrogen functional groups attached to an aromatic ring is 1.